The molecule has 0 radical (unpaired) electrons. The SMILES string of the molecule is Cc1cc(F)ccc1CCNC(=O)C1CCC(C(=O)O)CC1. The van der Waals surface area contributed by atoms with Crippen LogP contribution in [-0.2, 0) is 16.0 Å². The Balaban J connectivity index is 1.75. The minimum Gasteiger partial charge on any atom is -0.481 e. The number of carboxylic acids is 1. The van der Waals surface area contributed by atoms with Gasteiger partial charge >= 0.3 is 5.97 Å². The van der Waals surface area contributed by atoms with E-state index < -0.39 is 5.97 Å². The van der Waals surface area contributed by atoms with Gasteiger partial charge in [0.25, 0.3) is 0 Å². The quantitative estimate of drug-likeness (QED) is 0.879. The summed E-state index contributed by atoms with van der Waals surface area (Å²) in [5.41, 5.74) is 1.91. The molecule has 1 aromatic carbocycles. The predicted octanol–water partition coefficient (Wildman–Crippen LogP) is 2.68. The van der Waals surface area contributed by atoms with E-state index in [1.807, 2.05) is 6.92 Å². The zero-order valence-corrected chi connectivity index (χ0v) is 12.8. The highest BCUT2D eigenvalue weighted by Gasteiger charge is 2.29. The molecule has 5 heteroatoms. The smallest absolute Gasteiger partial charge is 0.306 e. The molecule has 0 unspecified atom stereocenters. The van der Waals surface area contributed by atoms with Crippen molar-refractivity contribution in [1.29, 1.82) is 0 Å². The van der Waals surface area contributed by atoms with Gasteiger partial charge in [-0.15, -0.1) is 0 Å². The van der Waals surface area contributed by atoms with E-state index >= 15 is 0 Å². The molecule has 0 atom stereocenters. The first kappa shape index (κ1) is 16.5. The maximum Gasteiger partial charge on any atom is 0.306 e. The summed E-state index contributed by atoms with van der Waals surface area (Å²) in [5, 5.41) is 11.9. The standard InChI is InChI=1S/C17H22FNO3/c1-11-10-15(18)7-6-12(11)8-9-19-16(20)13-2-4-14(5-3-13)17(21)22/h6-7,10,13-14H,2-5,8-9H2,1H3,(H,19,20)(H,21,22). The molecule has 0 aliphatic heterocycles. The van der Waals surface area contributed by atoms with Gasteiger partial charge in [-0.05, 0) is 62.3 Å². The normalized spacial score (nSPS) is 21.4. The van der Waals surface area contributed by atoms with E-state index in [0.717, 1.165) is 11.1 Å². The summed E-state index contributed by atoms with van der Waals surface area (Å²) in [6.07, 6.45) is 3.09. The average molecular weight is 307 g/mol. The third-order valence-electron chi connectivity index (χ3n) is 4.45. The maximum atomic E-state index is 13.0. The van der Waals surface area contributed by atoms with Gasteiger partial charge in [0, 0.05) is 12.5 Å². The molecule has 0 aromatic heterocycles. The lowest BCUT2D eigenvalue weighted by atomic mass is 9.81. The van der Waals surface area contributed by atoms with Crippen LogP contribution in [0, 0.1) is 24.6 Å². The fourth-order valence-electron chi connectivity index (χ4n) is 3.01. The van der Waals surface area contributed by atoms with Gasteiger partial charge in [0.2, 0.25) is 5.91 Å². The van der Waals surface area contributed by atoms with Gasteiger partial charge < -0.3 is 10.4 Å². The number of hydrogen-bond donors (Lipinski definition) is 2. The highest BCUT2D eigenvalue weighted by Crippen LogP contribution is 2.28. The molecule has 1 saturated carbocycles. The van der Waals surface area contributed by atoms with Crippen molar-refractivity contribution in [2.45, 2.75) is 39.0 Å². The van der Waals surface area contributed by atoms with Crippen LogP contribution in [0.25, 0.3) is 0 Å². The van der Waals surface area contributed by atoms with Crippen LogP contribution in [0.15, 0.2) is 18.2 Å². The zero-order chi connectivity index (χ0) is 16.1. The first-order valence-electron chi connectivity index (χ1n) is 7.73. The average Bonchev–Trinajstić information content (AvgIpc) is 2.49. The van der Waals surface area contributed by atoms with E-state index in [0.29, 0.717) is 38.6 Å². The van der Waals surface area contributed by atoms with Crippen LogP contribution in [-0.4, -0.2) is 23.5 Å². The van der Waals surface area contributed by atoms with Gasteiger partial charge in [-0.2, -0.15) is 0 Å². The predicted molar refractivity (Wildman–Crippen MR) is 80.9 cm³/mol. The van der Waals surface area contributed by atoms with E-state index in [1.165, 1.54) is 12.1 Å². The van der Waals surface area contributed by atoms with Crippen LogP contribution in [0.3, 0.4) is 0 Å². The summed E-state index contributed by atoms with van der Waals surface area (Å²) >= 11 is 0. The largest absolute Gasteiger partial charge is 0.481 e. The molecule has 22 heavy (non-hydrogen) atoms. The Labute approximate surface area is 129 Å². The number of aryl methyl sites for hydroxylation is 1. The van der Waals surface area contributed by atoms with Crippen LogP contribution in [0.1, 0.15) is 36.8 Å². The van der Waals surface area contributed by atoms with E-state index in [-0.39, 0.29) is 23.6 Å². The molecule has 0 bridgehead atoms. The summed E-state index contributed by atoms with van der Waals surface area (Å²) in [6, 6.07) is 4.66. The first-order chi connectivity index (χ1) is 10.5. The number of halogens is 1. The van der Waals surface area contributed by atoms with Crippen molar-refractivity contribution in [2.75, 3.05) is 6.54 Å². The Morgan fingerprint density at radius 3 is 2.45 bits per heavy atom. The van der Waals surface area contributed by atoms with Gasteiger partial charge in [0.05, 0.1) is 5.92 Å². The Hall–Kier alpha value is -1.91. The molecule has 0 heterocycles. The van der Waals surface area contributed by atoms with Crippen molar-refractivity contribution in [2.24, 2.45) is 11.8 Å². The van der Waals surface area contributed by atoms with Crippen molar-refractivity contribution >= 4 is 11.9 Å². The number of benzene rings is 1. The van der Waals surface area contributed by atoms with Crippen molar-refractivity contribution in [1.82, 2.24) is 5.32 Å². The molecule has 2 N–H and O–H groups in total. The maximum absolute atomic E-state index is 13.0. The summed E-state index contributed by atoms with van der Waals surface area (Å²) in [7, 11) is 0. The number of carbonyl (C=O) groups excluding carboxylic acids is 1. The molecule has 2 rings (SSSR count). The number of carbonyl (C=O) groups is 2. The number of carboxylic acid groups (broad SMARTS) is 1. The molecule has 0 spiro atoms. The Bertz CT molecular complexity index is 551. The van der Waals surface area contributed by atoms with Crippen LogP contribution >= 0.6 is 0 Å². The Morgan fingerprint density at radius 2 is 1.86 bits per heavy atom. The zero-order valence-electron chi connectivity index (χ0n) is 12.8. The summed E-state index contributed by atoms with van der Waals surface area (Å²) in [5.74, 6) is -1.38. The monoisotopic (exact) mass is 307 g/mol. The van der Waals surface area contributed by atoms with Crippen LogP contribution in [0.5, 0.6) is 0 Å². The summed E-state index contributed by atoms with van der Waals surface area (Å²) < 4.78 is 13.0. The topological polar surface area (TPSA) is 66.4 Å². The fraction of sp³-hybridized carbons (Fsp3) is 0.529. The molecule has 1 amide bonds. The van der Waals surface area contributed by atoms with E-state index in [2.05, 4.69) is 5.32 Å². The second-order valence-corrected chi connectivity index (χ2v) is 6.00. The molecule has 1 aliphatic rings. The van der Waals surface area contributed by atoms with E-state index in [1.54, 1.807) is 6.07 Å². The molecule has 1 aliphatic carbocycles. The summed E-state index contributed by atoms with van der Waals surface area (Å²) in [6.45, 7) is 2.37. The Kier molecular flexibility index (Phi) is 5.52. The van der Waals surface area contributed by atoms with Crippen molar-refractivity contribution in [3.05, 3.63) is 35.1 Å². The molecule has 0 saturated heterocycles. The summed E-state index contributed by atoms with van der Waals surface area (Å²) in [4.78, 5) is 23.0. The minimum absolute atomic E-state index is 0.00334. The molecular weight excluding hydrogens is 285 g/mol. The van der Waals surface area contributed by atoms with Gasteiger partial charge in [0.1, 0.15) is 5.82 Å². The highest BCUT2D eigenvalue weighted by molar-refractivity contribution is 5.79. The number of amides is 1. The minimum atomic E-state index is -0.759. The number of nitrogens with one attached hydrogen (secondary N) is 1. The van der Waals surface area contributed by atoms with Crippen LogP contribution in [0.2, 0.25) is 0 Å². The second kappa shape index (κ2) is 7.38. The third-order valence-corrected chi connectivity index (χ3v) is 4.45. The lowest BCUT2D eigenvalue weighted by molar-refractivity contribution is -0.144. The Morgan fingerprint density at radius 1 is 1.23 bits per heavy atom. The van der Waals surface area contributed by atoms with E-state index in [9.17, 15) is 14.0 Å². The highest BCUT2D eigenvalue weighted by atomic mass is 19.1. The lowest BCUT2D eigenvalue weighted by Crippen LogP contribution is -2.35. The third kappa shape index (κ3) is 4.29. The molecule has 1 fully saturated rings. The van der Waals surface area contributed by atoms with Crippen molar-refractivity contribution < 1.29 is 19.1 Å². The number of aliphatic carboxylic acids is 1. The molecule has 120 valence electrons. The first-order valence-corrected chi connectivity index (χ1v) is 7.73. The molecule has 4 nitrogen and oxygen atoms in total. The number of rotatable bonds is 5. The number of hydrogen-bond acceptors (Lipinski definition) is 2. The van der Waals surface area contributed by atoms with Crippen LogP contribution in [0.4, 0.5) is 4.39 Å². The van der Waals surface area contributed by atoms with E-state index in [4.69, 9.17) is 5.11 Å². The van der Waals surface area contributed by atoms with Gasteiger partial charge in [-0.25, -0.2) is 4.39 Å². The van der Waals surface area contributed by atoms with Gasteiger partial charge in [-0.3, -0.25) is 9.59 Å². The van der Waals surface area contributed by atoms with Crippen molar-refractivity contribution in [3.8, 4) is 0 Å². The van der Waals surface area contributed by atoms with Crippen molar-refractivity contribution in [3.63, 3.8) is 0 Å². The van der Waals surface area contributed by atoms with Gasteiger partial charge in [-0.1, -0.05) is 6.07 Å². The fourth-order valence-corrected chi connectivity index (χ4v) is 3.01. The van der Waals surface area contributed by atoms with Crippen LogP contribution < -0.4 is 5.32 Å². The molecular formula is C17H22FNO3. The van der Waals surface area contributed by atoms with Gasteiger partial charge in [0.15, 0.2) is 0 Å². The second-order valence-electron chi connectivity index (χ2n) is 6.00. The lowest BCUT2D eigenvalue weighted by Gasteiger charge is -2.25. The molecule has 1 aromatic rings.